The molecule has 0 unspecified atom stereocenters. The van der Waals surface area contributed by atoms with Gasteiger partial charge < -0.3 is 4.90 Å². The molecule has 0 bridgehead atoms. The van der Waals surface area contributed by atoms with Gasteiger partial charge in [-0.15, -0.1) is 0 Å². The second-order valence-corrected chi connectivity index (χ2v) is 5.00. The van der Waals surface area contributed by atoms with Crippen molar-refractivity contribution in [2.75, 3.05) is 18.0 Å². The van der Waals surface area contributed by atoms with Crippen LogP contribution < -0.4 is 4.90 Å². The molecule has 2 heterocycles. The van der Waals surface area contributed by atoms with E-state index in [1.54, 1.807) is 0 Å². The Balaban J connectivity index is 1.90. The smallest absolute Gasteiger partial charge is 0.101 e. The van der Waals surface area contributed by atoms with Crippen LogP contribution in [-0.4, -0.2) is 18.1 Å². The standard InChI is InChI=1S/C11H15IN2/c1-2-3-9-7-14(8-9)10-4-5-11(12)13-6-10/h4-6,9H,2-3,7-8H2,1H3. The molecule has 2 nitrogen and oxygen atoms in total. The van der Waals surface area contributed by atoms with Gasteiger partial charge in [-0.05, 0) is 47.1 Å². The molecule has 76 valence electrons. The summed E-state index contributed by atoms with van der Waals surface area (Å²) in [6.07, 6.45) is 4.65. The van der Waals surface area contributed by atoms with Crippen molar-refractivity contribution in [2.45, 2.75) is 19.8 Å². The first-order chi connectivity index (χ1) is 6.79. The zero-order chi connectivity index (χ0) is 9.97. The monoisotopic (exact) mass is 302 g/mol. The Hall–Kier alpha value is -0.320. The van der Waals surface area contributed by atoms with E-state index in [2.05, 4.69) is 51.5 Å². The van der Waals surface area contributed by atoms with Crippen molar-refractivity contribution < 1.29 is 0 Å². The Morgan fingerprint density at radius 2 is 2.29 bits per heavy atom. The molecule has 1 fully saturated rings. The van der Waals surface area contributed by atoms with Crippen LogP contribution in [0.1, 0.15) is 19.8 Å². The molecule has 0 aliphatic carbocycles. The van der Waals surface area contributed by atoms with Gasteiger partial charge in [-0.25, -0.2) is 4.98 Å². The highest BCUT2D eigenvalue weighted by Gasteiger charge is 2.25. The van der Waals surface area contributed by atoms with Gasteiger partial charge in [-0.3, -0.25) is 0 Å². The van der Waals surface area contributed by atoms with Crippen LogP contribution in [0.15, 0.2) is 18.3 Å². The molecule has 1 aliphatic heterocycles. The van der Waals surface area contributed by atoms with Crippen molar-refractivity contribution in [1.82, 2.24) is 4.98 Å². The SMILES string of the molecule is CCCC1CN(c2ccc(I)nc2)C1. The normalized spacial score (nSPS) is 16.9. The average Bonchev–Trinajstić information content (AvgIpc) is 2.13. The van der Waals surface area contributed by atoms with E-state index in [9.17, 15) is 0 Å². The Kier molecular flexibility index (Phi) is 3.26. The number of halogens is 1. The van der Waals surface area contributed by atoms with Crippen molar-refractivity contribution in [3.05, 3.63) is 22.0 Å². The highest BCUT2D eigenvalue weighted by molar-refractivity contribution is 14.1. The maximum Gasteiger partial charge on any atom is 0.101 e. The van der Waals surface area contributed by atoms with Crippen LogP contribution in [0.25, 0.3) is 0 Å². The lowest BCUT2D eigenvalue weighted by Gasteiger charge is -2.40. The summed E-state index contributed by atoms with van der Waals surface area (Å²) in [6.45, 7) is 4.70. The molecule has 14 heavy (non-hydrogen) atoms. The van der Waals surface area contributed by atoms with Crippen molar-refractivity contribution in [1.29, 1.82) is 0 Å². The van der Waals surface area contributed by atoms with E-state index in [-0.39, 0.29) is 0 Å². The molecule has 0 atom stereocenters. The van der Waals surface area contributed by atoms with Gasteiger partial charge in [0.15, 0.2) is 0 Å². The molecule has 0 amide bonds. The van der Waals surface area contributed by atoms with Gasteiger partial charge in [0, 0.05) is 13.1 Å². The minimum atomic E-state index is 0.916. The van der Waals surface area contributed by atoms with Gasteiger partial charge >= 0.3 is 0 Å². The lowest BCUT2D eigenvalue weighted by molar-refractivity contribution is 0.380. The molecular formula is C11H15IN2. The lowest BCUT2D eigenvalue weighted by atomic mass is 9.95. The summed E-state index contributed by atoms with van der Waals surface area (Å²) in [6, 6.07) is 4.24. The predicted molar refractivity (Wildman–Crippen MR) is 67.6 cm³/mol. The molecule has 3 heteroatoms. The fraction of sp³-hybridized carbons (Fsp3) is 0.545. The molecule has 2 rings (SSSR count). The number of nitrogens with zero attached hydrogens (tertiary/aromatic N) is 2. The molecule has 0 spiro atoms. The first-order valence-corrected chi connectivity index (χ1v) is 6.24. The van der Waals surface area contributed by atoms with E-state index in [1.807, 2.05) is 6.20 Å². The topological polar surface area (TPSA) is 16.1 Å². The Labute approximate surface area is 98.9 Å². The minimum absolute atomic E-state index is 0.916. The van der Waals surface area contributed by atoms with Gasteiger partial charge in [0.1, 0.15) is 3.70 Å². The fourth-order valence-electron chi connectivity index (χ4n) is 1.93. The highest BCUT2D eigenvalue weighted by atomic mass is 127. The van der Waals surface area contributed by atoms with Gasteiger partial charge in [0.05, 0.1) is 11.9 Å². The quantitative estimate of drug-likeness (QED) is 0.630. The van der Waals surface area contributed by atoms with Crippen molar-refractivity contribution in [3.63, 3.8) is 0 Å². The van der Waals surface area contributed by atoms with E-state index in [1.165, 1.54) is 31.6 Å². The maximum absolute atomic E-state index is 4.30. The molecule has 0 N–H and O–H groups in total. The van der Waals surface area contributed by atoms with Crippen LogP contribution in [0.2, 0.25) is 0 Å². The summed E-state index contributed by atoms with van der Waals surface area (Å²) < 4.78 is 1.07. The maximum atomic E-state index is 4.30. The van der Waals surface area contributed by atoms with Crippen LogP contribution in [-0.2, 0) is 0 Å². The van der Waals surface area contributed by atoms with Gasteiger partial charge in [-0.2, -0.15) is 0 Å². The first-order valence-electron chi connectivity index (χ1n) is 5.16. The van der Waals surface area contributed by atoms with Crippen molar-refractivity contribution >= 4 is 28.3 Å². The second-order valence-electron chi connectivity index (χ2n) is 3.90. The Morgan fingerprint density at radius 3 is 2.86 bits per heavy atom. The van der Waals surface area contributed by atoms with Crippen molar-refractivity contribution in [3.8, 4) is 0 Å². The molecule has 1 aliphatic rings. The Bertz CT molecular complexity index is 291. The third-order valence-electron chi connectivity index (χ3n) is 2.73. The van der Waals surface area contributed by atoms with Crippen LogP contribution in [0.5, 0.6) is 0 Å². The van der Waals surface area contributed by atoms with Gasteiger partial charge in [-0.1, -0.05) is 13.3 Å². The molecule has 1 aromatic rings. The average molecular weight is 302 g/mol. The van der Waals surface area contributed by atoms with Gasteiger partial charge in [0.2, 0.25) is 0 Å². The highest BCUT2D eigenvalue weighted by Crippen LogP contribution is 2.26. The summed E-state index contributed by atoms with van der Waals surface area (Å²) in [4.78, 5) is 6.70. The molecule has 1 saturated heterocycles. The summed E-state index contributed by atoms with van der Waals surface area (Å²) in [5, 5.41) is 0. The fourth-order valence-corrected chi connectivity index (χ4v) is 2.25. The van der Waals surface area contributed by atoms with Crippen molar-refractivity contribution in [2.24, 2.45) is 5.92 Å². The zero-order valence-corrected chi connectivity index (χ0v) is 10.6. The van der Waals surface area contributed by atoms with E-state index < -0.39 is 0 Å². The van der Waals surface area contributed by atoms with Crippen LogP contribution in [0.3, 0.4) is 0 Å². The number of anilines is 1. The van der Waals surface area contributed by atoms with Gasteiger partial charge in [0.25, 0.3) is 0 Å². The summed E-state index contributed by atoms with van der Waals surface area (Å²) in [7, 11) is 0. The third kappa shape index (κ3) is 2.19. The van der Waals surface area contributed by atoms with Crippen LogP contribution in [0, 0.1) is 9.62 Å². The third-order valence-corrected chi connectivity index (χ3v) is 3.37. The molecule has 0 saturated carbocycles. The number of hydrogen-bond acceptors (Lipinski definition) is 2. The molecule has 0 aromatic carbocycles. The van der Waals surface area contributed by atoms with E-state index in [0.717, 1.165) is 9.62 Å². The number of aromatic nitrogens is 1. The van der Waals surface area contributed by atoms with E-state index in [0.29, 0.717) is 0 Å². The summed E-state index contributed by atoms with van der Waals surface area (Å²) in [5.41, 5.74) is 1.28. The summed E-state index contributed by atoms with van der Waals surface area (Å²) in [5.74, 6) is 0.916. The van der Waals surface area contributed by atoms with E-state index >= 15 is 0 Å². The largest absolute Gasteiger partial charge is 0.370 e. The van der Waals surface area contributed by atoms with E-state index in [4.69, 9.17) is 0 Å². The molecule has 0 radical (unpaired) electrons. The number of rotatable bonds is 3. The predicted octanol–water partition coefficient (Wildman–Crippen LogP) is 2.92. The number of hydrogen-bond donors (Lipinski definition) is 0. The first kappa shape index (κ1) is 10.2. The summed E-state index contributed by atoms with van der Waals surface area (Å²) >= 11 is 2.24. The van der Waals surface area contributed by atoms with Crippen LogP contribution >= 0.6 is 22.6 Å². The Morgan fingerprint density at radius 1 is 1.50 bits per heavy atom. The molecular weight excluding hydrogens is 287 g/mol. The second kappa shape index (κ2) is 4.47. The lowest BCUT2D eigenvalue weighted by Crippen LogP contribution is -2.46. The number of pyridine rings is 1. The minimum Gasteiger partial charge on any atom is -0.370 e. The van der Waals surface area contributed by atoms with Crippen LogP contribution in [0.4, 0.5) is 5.69 Å². The zero-order valence-electron chi connectivity index (χ0n) is 8.41. The molecule has 1 aromatic heterocycles.